The Kier molecular flexibility index (Phi) is 9.18. The standard InChI is InChI=1S/C34H39N5O5/c1-8-43-33(40)25-11-12-26-17-38(18-27-10-9-13-44-27)34(37-28(26)14-25)39(19-29-23(4)31(41-6)21(2)15-35-29)20-30-24(5)32(42-7)22(3)16-36-30/h9-16H,8,17-20H2,1-7H3. The van der Waals surface area contributed by atoms with E-state index in [1.54, 1.807) is 39.5 Å². The van der Waals surface area contributed by atoms with E-state index in [9.17, 15) is 4.79 Å². The maximum absolute atomic E-state index is 12.6. The van der Waals surface area contributed by atoms with Gasteiger partial charge in [0.05, 0.1) is 69.4 Å². The Morgan fingerprint density at radius 2 is 1.59 bits per heavy atom. The number of methoxy groups -OCH3 is 2. The van der Waals surface area contributed by atoms with E-state index in [0.717, 1.165) is 56.5 Å². The van der Waals surface area contributed by atoms with Crippen molar-refractivity contribution in [1.29, 1.82) is 0 Å². The van der Waals surface area contributed by atoms with Gasteiger partial charge in [0.2, 0.25) is 5.96 Å². The predicted octanol–water partition coefficient (Wildman–Crippen LogP) is 6.20. The molecule has 4 aromatic rings. The lowest BCUT2D eigenvalue weighted by molar-refractivity contribution is 0.0526. The number of hydrogen-bond donors (Lipinski definition) is 0. The van der Waals surface area contributed by atoms with Gasteiger partial charge in [0.25, 0.3) is 0 Å². The Morgan fingerprint density at radius 3 is 2.14 bits per heavy atom. The molecule has 0 saturated heterocycles. The third-order valence-corrected chi connectivity index (χ3v) is 7.85. The van der Waals surface area contributed by atoms with Crippen LogP contribution in [0, 0.1) is 27.7 Å². The monoisotopic (exact) mass is 597 g/mol. The summed E-state index contributed by atoms with van der Waals surface area (Å²) >= 11 is 0. The van der Waals surface area contributed by atoms with E-state index in [0.29, 0.717) is 50.0 Å². The molecule has 0 radical (unpaired) electrons. The maximum Gasteiger partial charge on any atom is 0.338 e. The van der Waals surface area contributed by atoms with Crippen LogP contribution in [0.3, 0.4) is 0 Å². The van der Waals surface area contributed by atoms with Crippen molar-refractivity contribution in [2.75, 3.05) is 20.8 Å². The summed E-state index contributed by atoms with van der Waals surface area (Å²) in [6, 6.07) is 9.36. The summed E-state index contributed by atoms with van der Waals surface area (Å²) in [6.07, 6.45) is 5.34. The molecule has 0 atom stereocenters. The molecule has 10 heteroatoms. The number of nitrogens with zero attached hydrogens (tertiary/aromatic N) is 5. The fourth-order valence-electron chi connectivity index (χ4n) is 5.61. The van der Waals surface area contributed by atoms with Crippen molar-refractivity contribution >= 4 is 17.6 Å². The van der Waals surface area contributed by atoms with Crippen LogP contribution in [0.2, 0.25) is 0 Å². The quantitative estimate of drug-likeness (QED) is 0.198. The van der Waals surface area contributed by atoms with Crippen molar-refractivity contribution in [3.63, 3.8) is 0 Å². The highest BCUT2D eigenvalue weighted by Gasteiger charge is 2.29. The third kappa shape index (κ3) is 6.24. The molecular formula is C34H39N5O5. The second-order valence-corrected chi connectivity index (χ2v) is 10.9. The van der Waals surface area contributed by atoms with E-state index in [4.69, 9.17) is 33.6 Å². The lowest BCUT2D eigenvalue weighted by Gasteiger charge is -2.37. The summed E-state index contributed by atoms with van der Waals surface area (Å²) in [6.45, 7) is 12.0. The zero-order chi connectivity index (χ0) is 31.4. The van der Waals surface area contributed by atoms with Crippen LogP contribution < -0.4 is 9.47 Å². The largest absolute Gasteiger partial charge is 0.496 e. The minimum absolute atomic E-state index is 0.299. The second-order valence-electron chi connectivity index (χ2n) is 10.9. The van der Waals surface area contributed by atoms with Gasteiger partial charge in [-0.1, -0.05) is 6.07 Å². The summed E-state index contributed by atoms with van der Waals surface area (Å²) < 4.78 is 22.5. The van der Waals surface area contributed by atoms with Crippen molar-refractivity contribution < 1.29 is 23.4 Å². The molecule has 0 spiro atoms. The fraction of sp³-hybridized carbons (Fsp3) is 0.353. The van der Waals surface area contributed by atoms with Gasteiger partial charge in [0.1, 0.15) is 17.3 Å². The number of rotatable bonds is 10. The molecule has 5 rings (SSSR count). The van der Waals surface area contributed by atoms with Crippen LogP contribution in [0.15, 0.2) is 58.4 Å². The van der Waals surface area contributed by atoms with Gasteiger partial charge in [-0.25, -0.2) is 9.79 Å². The molecule has 1 aliphatic heterocycles. The maximum atomic E-state index is 12.6. The van der Waals surface area contributed by atoms with Crippen molar-refractivity contribution in [2.45, 2.75) is 60.8 Å². The second kappa shape index (κ2) is 13.2. The first-order valence-electron chi connectivity index (χ1n) is 14.6. The van der Waals surface area contributed by atoms with Gasteiger partial charge in [0, 0.05) is 41.2 Å². The lowest BCUT2D eigenvalue weighted by Crippen LogP contribution is -2.44. The van der Waals surface area contributed by atoms with Gasteiger partial charge in [-0.3, -0.25) is 9.97 Å². The number of carbonyl (C=O) groups is 1. The van der Waals surface area contributed by atoms with Crippen molar-refractivity contribution in [3.05, 3.63) is 99.5 Å². The number of pyridine rings is 2. The summed E-state index contributed by atoms with van der Waals surface area (Å²) in [4.78, 5) is 31.8. The number of carbonyl (C=O) groups excluding carboxylic acids is 1. The smallest absolute Gasteiger partial charge is 0.338 e. The van der Waals surface area contributed by atoms with Gasteiger partial charge >= 0.3 is 5.97 Å². The molecule has 10 nitrogen and oxygen atoms in total. The third-order valence-electron chi connectivity index (χ3n) is 7.85. The highest BCUT2D eigenvalue weighted by Crippen LogP contribution is 2.33. The number of aliphatic imine (C=N–C) groups is 1. The van der Waals surface area contributed by atoms with Gasteiger partial charge in [-0.05, 0) is 64.4 Å². The highest BCUT2D eigenvalue weighted by molar-refractivity contribution is 5.92. The van der Waals surface area contributed by atoms with Crippen molar-refractivity contribution in [3.8, 4) is 11.5 Å². The molecule has 0 saturated carbocycles. The van der Waals surface area contributed by atoms with Crippen LogP contribution in [-0.2, 0) is 30.9 Å². The van der Waals surface area contributed by atoms with Gasteiger partial charge in [-0.15, -0.1) is 0 Å². The predicted molar refractivity (Wildman–Crippen MR) is 167 cm³/mol. The van der Waals surface area contributed by atoms with Gasteiger partial charge < -0.3 is 28.4 Å². The highest BCUT2D eigenvalue weighted by atomic mass is 16.5. The van der Waals surface area contributed by atoms with E-state index in [1.807, 2.05) is 58.3 Å². The molecule has 0 unspecified atom stereocenters. The number of hydrogen-bond acceptors (Lipinski definition) is 10. The molecule has 0 N–H and O–H groups in total. The Bertz CT molecular complexity index is 1620. The number of guanidine groups is 1. The number of furan rings is 1. The molecule has 3 aromatic heterocycles. The lowest BCUT2D eigenvalue weighted by atomic mass is 10.1. The summed E-state index contributed by atoms with van der Waals surface area (Å²) in [7, 11) is 3.36. The first kappa shape index (κ1) is 30.6. The fourth-order valence-corrected chi connectivity index (χ4v) is 5.61. The first-order valence-corrected chi connectivity index (χ1v) is 14.6. The van der Waals surface area contributed by atoms with E-state index < -0.39 is 0 Å². The Labute approximate surface area is 258 Å². The molecule has 4 heterocycles. The summed E-state index contributed by atoms with van der Waals surface area (Å²) in [5.41, 5.74) is 7.74. The van der Waals surface area contributed by atoms with Crippen LogP contribution in [0.5, 0.6) is 11.5 Å². The molecule has 0 bridgehead atoms. The Balaban J connectivity index is 1.65. The number of benzene rings is 1. The Hall–Kier alpha value is -4.86. The average Bonchev–Trinajstić information content (AvgIpc) is 3.52. The zero-order valence-corrected chi connectivity index (χ0v) is 26.4. The van der Waals surface area contributed by atoms with Gasteiger partial charge in [0.15, 0.2) is 0 Å². The van der Waals surface area contributed by atoms with Crippen molar-refractivity contribution in [1.82, 2.24) is 19.8 Å². The number of esters is 1. The van der Waals surface area contributed by atoms with E-state index in [2.05, 4.69) is 9.80 Å². The van der Waals surface area contributed by atoms with E-state index in [-0.39, 0.29) is 5.97 Å². The minimum Gasteiger partial charge on any atom is -0.496 e. The van der Waals surface area contributed by atoms with E-state index >= 15 is 0 Å². The molecule has 44 heavy (non-hydrogen) atoms. The van der Waals surface area contributed by atoms with E-state index in [1.165, 1.54) is 0 Å². The van der Waals surface area contributed by atoms with Crippen molar-refractivity contribution in [2.24, 2.45) is 4.99 Å². The molecule has 1 aliphatic rings. The molecule has 0 amide bonds. The summed E-state index contributed by atoms with van der Waals surface area (Å²) in [5.74, 6) is 2.76. The first-order chi connectivity index (χ1) is 21.2. The summed E-state index contributed by atoms with van der Waals surface area (Å²) in [5, 5.41) is 0. The number of fused-ring (bicyclic) bond motifs is 1. The van der Waals surface area contributed by atoms with Crippen LogP contribution in [0.4, 0.5) is 5.69 Å². The normalized spacial score (nSPS) is 12.4. The van der Waals surface area contributed by atoms with Crippen LogP contribution in [-0.4, -0.2) is 52.5 Å². The van der Waals surface area contributed by atoms with Crippen LogP contribution >= 0.6 is 0 Å². The number of aromatic nitrogens is 2. The molecule has 0 fully saturated rings. The zero-order valence-electron chi connectivity index (χ0n) is 26.4. The SMILES string of the molecule is CCOC(=O)c1ccc2c(c1)N=C(N(Cc1ncc(C)c(OC)c1C)Cc1ncc(C)c(OC)c1C)N(Cc1ccco1)C2. The van der Waals surface area contributed by atoms with Crippen LogP contribution in [0.1, 0.15) is 62.2 Å². The number of ether oxygens (including phenoxy) is 3. The molecule has 0 aliphatic carbocycles. The molecule has 230 valence electrons. The van der Waals surface area contributed by atoms with Crippen LogP contribution in [0.25, 0.3) is 0 Å². The Morgan fingerprint density at radius 1 is 0.955 bits per heavy atom. The topological polar surface area (TPSA) is 103 Å². The minimum atomic E-state index is -0.375. The molecular weight excluding hydrogens is 558 g/mol. The number of aryl methyl sites for hydroxylation is 2. The average molecular weight is 598 g/mol. The molecule has 1 aromatic carbocycles. The van der Waals surface area contributed by atoms with Gasteiger partial charge in [-0.2, -0.15) is 0 Å².